The minimum absolute atomic E-state index is 0.606. The van der Waals surface area contributed by atoms with Crippen molar-refractivity contribution in [3.63, 3.8) is 0 Å². The number of para-hydroxylation sites is 1. The van der Waals surface area contributed by atoms with Crippen LogP contribution in [0.1, 0.15) is 10.4 Å². The molecule has 0 aliphatic heterocycles. The van der Waals surface area contributed by atoms with E-state index in [-0.39, 0.29) is 0 Å². The zero-order valence-electron chi connectivity index (χ0n) is 9.38. The van der Waals surface area contributed by atoms with Crippen molar-refractivity contribution in [3.8, 4) is 6.07 Å². The van der Waals surface area contributed by atoms with Gasteiger partial charge in [-0.3, -0.25) is 0 Å². The summed E-state index contributed by atoms with van der Waals surface area (Å²) >= 11 is 1.35. The molecule has 0 unspecified atom stereocenters. The van der Waals surface area contributed by atoms with Crippen LogP contribution in [0.3, 0.4) is 0 Å². The molecule has 0 fully saturated rings. The maximum atomic E-state index is 8.72. The number of rotatable bonds is 3. The predicted octanol–water partition coefficient (Wildman–Crippen LogP) is 3.37. The summed E-state index contributed by atoms with van der Waals surface area (Å²) in [5, 5.41) is 13.8. The molecule has 2 aromatic heterocycles. The SMILES string of the molecule is N#Cc1cnc(NCc2coc3ccccc23)s1. The standard InChI is InChI=1S/C13H9N3OS/c14-5-10-7-16-13(18-10)15-6-9-8-17-12-4-2-1-3-11(9)12/h1-4,7-8H,6H2,(H,15,16). The molecule has 0 radical (unpaired) electrons. The molecule has 2 heterocycles. The first-order valence-corrected chi connectivity index (χ1v) is 6.23. The third-order valence-electron chi connectivity index (χ3n) is 2.61. The molecule has 88 valence electrons. The van der Waals surface area contributed by atoms with Gasteiger partial charge in [0.25, 0.3) is 0 Å². The minimum Gasteiger partial charge on any atom is -0.464 e. The summed E-state index contributed by atoms with van der Waals surface area (Å²) in [6, 6.07) is 9.97. The quantitative estimate of drug-likeness (QED) is 0.779. The minimum atomic E-state index is 0.606. The van der Waals surface area contributed by atoms with Crippen molar-refractivity contribution in [3.05, 3.63) is 47.2 Å². The van der Waals surface area contributed by atoms with Crippen molar-refractivity contribution in [1.29, 1.82) is 5.26 Å². The van der Waals surface area contributed by atoms with Gasteiger partial charge in [0.1, 0.15) is 16.5 Å². The third-order valence-corrected chi connectivity index (χ3v) is 3.47. The molecule has 0 saturated heterocycles. The Morgan fingerprint density at radius 3 is 3.11 bits per heavy atom. The van der Waals surface area contributed by atoms with Crippen LogP contribution in [-0.4, -0.2) is 4.98 Å². The van der Waals surface area contributed by atoms with Crippen LogP contribution >= 0.6 is 11.3 Å². The van der Waals surface area contributed by atoms with Crippen molar-refractivity contribution in [2.75, 3.05) is 5.32 Å². The summed E-state index contributed by atoms with van der Waals surface area (Å²) in [6.07, 6.45) is 3.32. The summed E-state index contributed by atoms with van der Waals surface area (Å²) in [4.78, 5) is 4.73. The Hall–Kier alpha value is -2.32. The molecular weight excluding hydrogens is 246 g/mol. The number of benzene rings is 1. The molecule has 5 heteroatoms. The number of furan rings is 1. The highest BCUT2D eigenvalue weighted by molar-refractivity contribution is 7.16. The molecule has 3 rings (SSSR count). The van der Waals surface area contributed by atoms with Gasteiger partial charge in [-0.2, -0.15) is 5.26 Å². The Balaban J connectivity index is 1.79. The smallest absolute Gasteiger partial charge is 0.184 e. The van der Waals surface area contributed by atoms with Crippen molar-refractivity contribution in [1.82, 2.24) is 4.98 Å². The highest BCUT2D eigenvalue weighted by Crippen LogP contribution is 2.23. The van der Waals surface area contributed by atoms with E-state index >= 15 is 0 Å². The van der Waals surface area contributed by atoms with Crippen molar-refractivity contribution in [2.24, 2.45) is 0 Å². The molecule has 0 bridgehead atoms. The fourth-order valence-electron chi connectivity index (χ4n) is 1.75. The fraction of sp³-hybridized carbons (Fsp3) is 0.0769. The van der Waals surface area contributed by atoms with E-state index in [0.29, 0.717) is 11.4 Å². The highest BCUT2D eigenvalue weighted by atomic mass is 32.1. The Kier molecular flexibility index (Phi) is 2.71. The molecule has 0 aliphatic rings. The second kappa shape index (κ2) is 4.51. The largest absolute Gasteiger partial charge is 0.464 e. The number of thiazole rings is 1. The molecule has 4 nitrogen and oxygen atoms in total. The molecule has 1 aromatic carbocycles. The van der Waals surface area contributed by atoms with Crippen LogP contribution in [0.2, 0.25) is 0 Å². The molecule has 0 spiro atoms. The maximum Gasteiger partial charge on any atom is 0.184 e. The van der Waals surface area contributed by atoms with Gasteiger partial charge in [0.2, 0.25) is 0 Å². The van der Waals surface area contributed by atoms with Crippen LogP contribution < -0.4 is 5.32 Å². The average Bonchev–Trinajstić information content (AvgIpc) is 3.03. The van der Waals surface area contributed by atoms with Gasteiger partial charge in [0.15, 0.2) is 5.13 Å². The lowest BCUT2D eigenvalue weighted by atomic mass is 10.2. The first kappa shape index (κ1) is 10.8. The lowest BCUT2D eigenvalue weighted by Gasteiger charge is -1.99. The number of anilines is 1. The number of hydrogen-bond acceptors (Lipinski definition) is 5. The van der Waals surface area contributed by atoms with E-state index in [1.807, 2.05) is 24.3 Å². The maximum absolute atomic E-state index is 8.72. The number of nitrogens with zero attached hydrogens (tertiary/aromatic N) is 2. The summed E-state index contributed by atoms with van der Waals surface area (Å²) in [7, 11) is 0. The Morgan fingerprint density at radius 1 is 1.39 bits per heavy atom. The topological polar surface area (TPSA) is 61.9 Å². The number of fused-ring (bicyclic) bond motifs is 1. The molecule has 3 aromatic rings. The van der Waals surface area contributed by atoms with Crippen LogP contribution in [0.4, 0.5) is 5.13 Å². The summed E-state index contributed by atoms with van der Waals surface area (Å²) < 4.78 is 5.45. The number of nitriles is 1. The van der Waals surface area contributed by atoms with Gasteiger partial charge in [-0.15, -0.1) is 0 Å². The first-order chi connectivity index (χ1) is 8.86. The van der Waals surface area contributed by atoms with Gasteiger partial charge in [-0.05, 0) is 6.07 Å². The van der Waals surface area contributed by atoms with Gasteiger partial charge in [-0.25, -0.2) is 4.98 Å². The number of nitrogens with one attached hydrogen (secondary N) is 1. The lowest BCUT2D eigenvalue weighted by Crippen LogP contribution is -1.97. The van der Waals surface area contributed by atoms with Crippen LogP contribution in [0, 0.1) is 11.3 Å². The normalized spacial score (nSPS) is 10.4. The van der Waals surface area contributed by atoms with E-state index in [1.165, 1.54) is 11.3 Å². The van der Waals surface area contributed by atoms with E-state index in [2.05, 4.69) is 16.4 Å². The van der Waals surface area contributed by atoms with Gasteiger partial charge in [0.05, 0.1) is 12.5 Å². The molecule has 1 N–H and O–H groups in total. The van der Waals surface area contributed by atoms with Crippen LogP contribution in [-0.2, 0) is 6.54 Å². The Bertz CT molecular complexity index is 723. The summed E-state index contributed by atoms with van der Waals surface area (Å²) in [5.74, 6) is 0. The average molecular weight is 255 g/mol. The van der Waals surface area contributed by atoms with Gasteiger partial charge in [0, 0.05) is 17.5 Å². The highest BCUT2D eigenvalue weighted by Gasteiger charge is 2.06. The van der Waals surface area contributed by atoms with E-state index in [4.69, 9.17) is 9.68 Å². The van der Waals surface area contributed by atoms with Gasteiger partial charge >= 0.3 is 0 Å². The van der Waals surface area contributed by atoms with E-state index in [0.717, 1.165) is 21.7 Å². The molecule has 18 heavy (non-hydrogen) atoms. The van der Waals surface area contributed by atoms with Gasteiger partial charge in [-0.1, -0.05) is 29.5 Å². The van der Waals surface area contributed by atoms with E-state index < -0.39 is 0 Å². The number of hydrogen-bond donors (Lipinski definition) is 1. The second-order valence-electron chi connectivity index (χ2n) is 3.75. The van der Waals surface area contributed by atoms with Crippen LogP contribution in [0.15, 0.2) is 41.1 Å². The molecular formula is C13H9N3OS. The lowest BCUT2D eigenvalue weighted by molar-refractivity contribution is 0.611. The van der Waals surface area contributed by atoms with Crippen molar-refractivity contribution < 1.29 is 4.42 Å². The Labute approximate surface area is 107 Å². The summed E-state index contributed by atoms with van der Waals surface area (Å²) in [5.41, 5.74) is 1.96. The molecule has 0 atom stereocenters. The van der Waals surface area contributed by atoms with E-state index in [1.54, 1.807) is 12.5 Å². The van der Waals surface area contributed by atoms with Crippen LogP contribution in [0.5, 0.6) is 0 Å². The monoisotopic (exact) mass is 255 g/mol. The molecule has 0 aliphatic carbocycles. The predicted molar refractivity (Wildman–Crippen MR) is 70.4 cm³/mol. The van der Waals surface area contributed by atoms with E-state index in [9.17, 15) is 0 Å². The number of aromatic nitrogens is 1. The fourth-order valence-corrected chi connectivity index (χ4v) is 2.36. The third kappa shape index (κ3) is 1.94. The first-order valence-electron chi connectivity index (χ1n) is 5.42. The summed E-state index contributed by atoms with van der Waals surface area (Å²) in [6.45, 7) is 0.634. The zero-order chi connectivity index (χ0) is 12.4. The molecule has 0 saturated carbocycles. The van der Waals surface area contributed by atoms with Crippen LogP contribution in [0.25, 0.3) is 11.0 Å². The zero-order valence-corrected chi connectivity index (χ0v) is 10.2. The van der Waals surface area contributed by atoms with Crippen molar-refractivity contribution >= 4 is 27.4 Å². The van der Waals surface area contributed by atoms with Gasteiger partial charge < -0.3 is 9.73 Å². The van der Waals surface area contributed by atoms with Crippen molar-refractivity contribution in [2.45, 2.75) is 6.54 Å². The second-order valence-corrected chi connectivity index (χ2v) is 4.78. The Morgan fingerprint density at radius 2 is 2.28 bits per heavy atom. The molecule has 0 amide bonds.